The van der Waals surface area contributed by atoms with Crippen LogP contribution < -0.4 is 11.0 Å². The molecule has 0 saturated heterocycles. The van der Waals surface area contributed by atoms with Gasteiger partial charge in [-0.1, -0.05) is 0 Å². The van der Waals surface area contributed by atoms with Gasteiger partial charge in [-0.05, 0) is 0 Å². The second-order valence-electron chi connectivity index (χ2n) is 2.71. The molecule has 0 aliphatic rings. The third kappa shape index (κ3) is 1.35. The van der Waals surface area contributed by atoms with Crippen LogP contribution in [-0.2, 0) is 4.79 Å². The fourth-order valence-corrected chi connectivity index (χ4v) is 1.11. The molecular weight excluding hydrogens is 186 g/mol. The summed E-state index contributed by atoms with van der Waals surface area (Å²) >= 11 is 0. The number of hydrogen-bond acceptors (Lipinski definition) is 4. The smallest absolute Gasteiger partial charge is 0.309 e. The minimum Gasteiger partial charge on any atom is -0.309 e. The standard InChI is InChI=1S/C7H7N5O2/c1-3(13)10-5-4-6(9-2-8-5)12-7(14)11-4/h2H,1H3,(H3,8,9,10,11,12,13,14). The Morgan fingerprint density at radius 1 is 1.43 bits per heavy atom. The fourth-order valence-electron chi connectivity index (χ4n) is 1.11. The Labute approximate surface area is 77.6 Å². The lowest BCUT2D eigenvalue weighted by atomic mass is 10.5. The van der Waals surface area contributed by atoms with E-state index in [-0.39, 0.29) is 11.6 Å². The van der Waals surface area contributed by atoms with E-state index in [4.69, 9.17) is 0 Å². The summed E-state index contributed by atoms with van der Waals surface area (Å²) < 4.78 is 0. The van der Waals surface area contributed by atoms with Gasteiger partial charge in [0, 0.05) is 6.92 Å². The highest BCUT2D eigenvalue weighted by Gasteiger charge is 2.07. The highest BCUT2D eigenvalue weighted by atomic mass is 16.1. The summed E-state index contributed by atoms with van der Waals surface area (Å²) in [6, 6.07) is 0. The Morgan fingerprint density at radius 3 is 2.93 bits per heavy atom. The van der Waals surface area contributed by atoms with Gasteiger partial charge in [0.15, 0.2) is 11.5 Å². The number of nitrogens with zero attached hydrogens (tertiary/aromatic N) is 2. The van der Waals surface area contributed by atoms with Crippen LogP contribution in [0.2, 0.25) is 0 Å². The van der Waals surface area contributed by atoms with E-state index in [1.54, 1.807) is 0 Å². The van der Waals surface area contributed by atoms with Crippen molar-refractivity contribution in [3.8, 4) is 0 Å². The zero-order chi connectivity index (χ0) is 10.1. The van der Waals surface area contributed by atoms with Gasteiger partial charge in [-0.3, -0.25) is 9.78 Å². The molecule has 1 amide bonds. The van der Waals surface area contributed by atoms with Crippen molar-refractivity contribution in [3.05, 3.63) is 16.8 Å². The summed E-state index contributed by atoms with van der Waals surface area (Å²) in [6.45, 7) is 1.36. The number of H-pyrrole nitrogens is 2. The molecule has 0 bridgehead atoms. The van der Waals surface area contributed by atoms with Crippen LogP contribution in [0.4, 0.5) is 5.82 Å². The van der Waals surface area contributed by atoms with Crippen molar-refractivity contribution in [2.24, 2.45) is 0 Å². The lowest BCUT2D eigenvalue weighted by Crippen LogP contribution is -2.08. The van der Waals surface area contributed by atoms with Crippen LogP contribution in [0.3, 0.4) is 0 Å². The molecule has 2 aromatic rings. The van der Waals surface area contributed by atoms with E-state index in [9.17, 15) is 9.59 Å². The van der Waals surface area contributed by atoms with Gasteiger partial charge in [0.25, 0.3) is 0 Å². The summed E-state index contributed by atoms with van der Waals surface area (Å²) in [5, 5.41) is 2.48. The molecule has 2 heterocycles. The molecule has 0 unspecified atom stereocenters. The van der Waals surface area contributed by atoms with Crippen molar-refractivity contribution in [2.45, 2.75) is 6.92 Å². The quantitative estimate of drug-likeness (QED) is 0.573. The summed E-state index contributed by atoms with van der Waals surface area (Å²) in [5.74, 6) is 0.0351. The van der Waals surface area contributed by atoms with Crippen molar-refractivity contribution in [3.63, 3.8) is 0 Å². The monoisotopic (exact) mass is 193 g/mol. The number of amides is 1. The molecule has 0 aromatic carbocycles. The number of fused-ring (bicyclic) bond motifs is 1. The zero-order valence-corrected chi connectivity index (χ0v) is 7.29. The lowest BCUT2D eigenvalue weighted by Gasteiger charge is -1.99. The molecule has 7 nitrogen and oxygen atoms in total. The molecule has 14 heavy (non-hydrogen) atoms. The molecule has 0 atom stereocenters. The van der Waals surface area contributed by atoms with Crippen LogP contribution in [0, 0.1) is 0 Å². The van der Waals surface area contributed by atoms with Gasteiger partial charge in [0.1, 0.15) is 11.8 Å². The Kier molecular flexibility index (Phi) is 1.77. The van der Waals surface area contributed by atoms with E-state index in [1.165, 1.54) is 13.3 Å². The average Bonchev–Trinajstić information content (AvgIpc) is 2.45. The van der Waals surface area contributed by atoms with E-state index < -0.39 is 0 Å². The number of imidazole rings is 1. The van der Waals surface area contributed by atoms with Gasteiger partial charge in [-0.15, -0.1) is 0 Å². The van der Waals surface area contributed by atoms with Crippen LogP contribution in [0.25, 0.3) is 11.2 Å². The first-order valence-corrected chi connectivity index (χ1v) is 3.87. The van der Waals surface area contributed by atoms with E-state index in [0.717, 1.165) is 0 Å². The number of aromatic amines is 2. The van der Waals surface area contributed by atoms with E-state index in [0.29, 0.717) is 17.0 Å². The maximum absolute atomic E-state index is 10.9. The molecule has 72 valence electrons. The van der Waals surface area contributed by atoms with Crippen molar-refractivity contribution in [1.82, 2.24) is 19.9 Å². The van der Waals surface area contributed by atoms with Crippen LogP contribution in [0.5, 0.6) is 0 Å². The van der Waals surface area contributed by atoms with Crippen molar-refractivity contribution in [2.75, 3.05) is 5.32 Å². The minimum absolute atomic E-state index is 0.257. The van der Waals surface area contributed by atoms with Crippen LogP contribution in [0.1, 0.15) is 6.92 Å². The molecule has 2 rings (SSSR count). The summed E-state index contributed by atoms with van der Waals surface area (Å²) in [7, 11) is 0. The molecule has 0 spiro atoms. The lowest BCUT2D eigenvalue weighted by molar-refractivity contribution is -0.114. The summed E-state index contributed by atoms with van der Waals surface area (Å²) in [6.07, 6.45) is 1.26. The van der Waals surface area contributed by atoms with Gasteiger partial charge in [0.05, 0.1) is 0 Å². The molecule has 7 heteroatoms. The molecule has 0 saturated carbocycles. The maximum atomic E-state index is 10.9. The SMILES string of the molecule is CC(=O)Nc1ncnc2[nH]c(=O)[nH]c12. The predicted molar refractivity (Wildman–Crippen MR) is 48.8 cm³/mol. The third-order valence-corrected chi connectivity index (χ3v) is 1.61. The Hall–Kier alpha value is -2.18. The van der Waals surface area contributed by atoms with Crippen molar-refractivity contribution < 1.29 is 4.79 Å². The van der Waals surface area contributed by atoms with Gasteiger partial charge in [0.2, 0.25) is 5.91 Å². The third-order valence-electron chi connectivity index (χ3n) is 1.61. The number of nitrogens with one attached hydrogen (secondary N) is 3. The van der Waals surface area contributed by atoms with Crippen molar-refractivity contribution in [1.29, 1.82) is 0 Å². The number of hydrogen-bond donors (Lipinski definition) is 3. The first-order chi connectivity index (χ1) is 6.66. The molecule has 0 fully saturated rings. The Bertz CT molecular complexity index is 540. The van der Waals surface area contributed by atoms with Gasteiger partial charge in [-0.2, -0.15) is 0 Å². The molecular formula is C7H7N5O2. The van der Waals surface area contributed by atoms with Crippen LogP contribution >= 0.6 is 0 Å². The van der Waals surface area contributed by atoms with Gasteiger partial charge < -0.3 is 10.3 Å². The average molecular weight is 193 g/mol. The predicted octanol–water partition coefficient (Wildman–Crippen LogP) is -0.395. The first-order valence-electron chi connectivity index (χ1n) is 3.87. The normalized spacial score (nSPS) is 10.4. The summed E-state index contributed by atoms with van der Waals surface area (Å²) in [5.41, 5.74) is 0.383. The van der Waals surface area contributed by atoms with Gasteiger partial charge in [-0.25, -0.2) is 14.8 Å². The van der Waals surface area contributed by atoms with Gasteiger partial charge >= 0.3 is 5.69 Å². The molecule has 0 radical (unpaired) electrons. The first kappa shape index (κ1) is 8.42. The molecule has 0 aliphatic carbocycles. The Balaban J connectivity index is 2.64. The van der Waals surface area contributed by atoms with Crippen LogP contribution in [0.15, 0.2) is 11.1 Å². The van der Waals surface area contributed by atoms with E-state index in [1.807, 2.05) is 0 Å². The molecule has 3 N–H and O–H groups in total. The number of carbonyl (C=O) groups excluding carboxylic acids is 1. The number of carbonyl (C=O) groups is 1. The van der Waals surface area contributed by atoms with Crippen LogP contribution in [-0.4, -0.2) is 25.8 Å². The number of rotatable bonds is 1. The summed E-state index contributed by atoms with van der Waals surface area (Å²) in [4.78, 5) is 34.3. The highest BCUT2D eigenvalue weighted by Crippen LogP contribution is 2.12. The second-order valence-corrected chi connectivity index (χ2v) is 2.71. The largest absolute Gasteiger partial charge is 0.325 e. The molecule has 0 aliphatic heterocycles. The van der Waals surface area contributed by atoms with E-state index in [2.05, 4.69) is 25.3 Å². The zero-order valence-electron chi connectivity index (χ0n) is 7.29. The fraction of sp³-hybridized carbons (Fsp3) is 0.143. The molecule has 2 aromatic heterocycles. The van der Waals surface area contributed by atoms with Crippen molar-refractivity contribution >= 4 is 22.9 Å². The maximum Gasteiger partial charge on any atom is 0.325 e. The minimum atomic E-state index is -0.382. The Morgan fingerprint density at radius 2 is 2.21 bits per heavy atom. The van der Waals surface area contributed by atoms with E-state index >= 15 is 0 Å². The second kappa shape index (κ2) is 2.95. The number of aromatic nitrogens is 4. The number of anilines is 1. The highest BCUT2D eigenvalue weighted by molar-refractivity contribution is 5.95. The topological polar surface area (TPSA) is 104 Å².